The average Bonchev–Trinajstić information content (AvgIpc) is 2.97. The number of fused-ring (bicyclic) bond motifs is 1. The van der Waals surface area contributed by atoms with Crippen LogP contribution < -0.4 is 0 Å². The topological polar surface area (TPSA) is 17.8 Å². The van der Waals surface area contributed by atoms with Crippen molar-refractivity contribution in [3.63, 3.8) is 0 Å². The molecule has 0 bridgehead atoms. The van der Waals surface area contributed by atoms with Crippen molar-refractivity contribution < 1.29 is 4.39 Å². The molecule has 0 amide bonds. The number of nitrogens with zero attached hydrogens (tertiary/aromatic N) is 2. The molecule has 0 unspecified atom stereocenters. The van der Waals surface area contributed by atoms with Gasteiger partial charge in [-0.25, -0.2) is 9.37 Å². The summed E-state index contributed by atoms with van der Waals surface area (Å²) in [6, 6.07) is 7.05. The zero-order valence-corrected chi connectivity index (χ0v) is 14.7. The van der Waals surface area contributed by atoms with Gasteiger partial charge in [0.1, 0.15) is 11.6 Å². The Labute approximate surface area is 143 Å². The zero-order chi connectivity index (χ0) is 15.0. The maximum absolute atomic E-state index is 13.6. The van der Waals surface area contributed by atoms with Crippen LogP contribution in [0.2, 0.25) is 5.02 Å². The van der Waals surface area contributed by atoms with E-state index in [2.05, 4.69) is 27.0 Å². The molecule has 1 aromatic carbocycles. The second-order valence-electron chi connectivity index (χ2n) is 4.51. The monoisotopic (exact) mass is 406 g/mol. The number of thiophene rings is 1. The van der Waals surface area contributed by atoms with E-state index >= 15 is 0 Å². The van der Waals surface area contributed by atoms with Gasteiger partial charge >= 0.3 is 0 Å². The molecule has 2 heterocycles. The quantitative estimate of drug-likeness (QED) is 0.523. The Morgan fingerprint density at radius 2 is 2.14 bits per heavy atom. The van der Waals surface area contributed by atoms with Gasteiger partial charge in [-0.2, -0.15) is 0 Å². The Balaban J connectivity index is 2.12. The Bertz CT molecular complexity index is 800. The third-order valence-corrected chi connectivity index (χ3v) is 5.22. The van der Waals surface area contributed by atoms with Gasteiger partial charge in [0.05, 0.1) is 26.4 Å². The number of hydrogen-bond donors (Lipinski definition) is 0. The molecule has 0 aliphatic heterocycles. The van der Waals surface area contributed by atoms with Crippen molar-refractivity contribution in [2.45, 2.75) is 13.0 Å². The highest BCUT2D eigenvalue weighted by atomic mass is 79.9. The Morgan fingerprint density at radius 3 is 2.81 bits per heavy atom. The largest absolute Gasteiger partial charge is 0.323 e. The lowest BCUT2D eigenvalue weighted by atomic mass is 10.3. The van der Waals surface area contributed by atoms with E-state index < -0.39 is 5.82 Å². The molecule has 0 fully saturated rings. The minimum atomic E-state index is -0.454. The summed E-state index contributed by atoms with van der Waals surface area (Å²) in [5.74, 6) is 0.851. The molecule has 3 aromatic rings. The highest BCUT2D eigenvalue weighted by molar-refractivity contribution is 9.11. The van der Waals surface area contributed by atoms with Crippen molar-refractivity contribution in [1.29, 1.82) is 0 Å². The lowest BCUT2D eigenvalue weighted by molar-refractivity contribution is 0.629. The van der Waals surface area contributed by atoms with Crippen LogP contribution >= 0.6 is 50.5 Å². The fourth-order valence-corrected chi connectivity index (χ4v) is 4.01. The first-order chi connectivity index (χ1) is 10.1. The van der Waals surface area contributed by atoms with Gasteiger partial charge < -0.3 is 4.57 Å². The minimum Gasteiger partial charge on any atom is -0.323 e. The van der Waals surface area contributed by atoms with Crippen LogP contribution in [0.25, 0.3) is 11.0 Å². The maximum Gasteiger partial charge on any atom is 0.144 e. The molecule has 2 nitrogen and oxygen atoms in total. The lowest BCUT2D eigenvalue weighted by Gasteiger charge is -2.07. The van der Waals surface area contributed by atoms with E-state index in [0.29, 0.717) is 24.4 Å². The summed E-state index contributed by atoms with van der Waals surface area (Å²) in [6.45, 7) is 0.668. The number of hydrogen-bond acceptors (Lipinski definition) is 2. The lowest BCUT2D eigenvalue weighted by Crippen LogP contribution is -2.05. The highest BCUT2D eigenvalue weighted by Gasteiger charge is 2.14. The van der Waals surface area contributed by atoms with Crippen LogP contribution in [0, 0.1) is 5.82 Å². The van der Waals surface area contributed by atoms with Crippen molar-refractivity contribution in [3.05, 3.63) is 49.6 Å². The van der Waals surface area contributed by atoms with E-state index in [4.69, 9.17) is 23.2 Å². The number of alkyl halides is 1. The predicted octanol–water partition coefficient (Wildman–Crippen LogP) is 5.48. The number of aromatic nitrogens is 2. The van der Waals surface area contributed by atoms with Gasteiger partial charge in [0.25, 0.3) is 0 Å². The van der Waals surface area contributed by atoms with Crippen molar-refractivity contribution in [3.8, 4) is 0 Å². The van der Waals surface area contributed by atoms with Crippen LogP contribution in [0.1, 0.15) is 10.7 Å². The average molecular weight is 408 g/mol. The summed E-state index contributed by atoms with van der Waals surface area (Å²) in [6.07, 6.45) is 0.627. The molecule has 0 N–H and O–H groups in total. The molecular formula is C14H10BrCl2FN2S. The first-order valence-electron chi connectivity index (χ1n) is 6.23. The van der Waals surface area contributed by atoms with E-state index in [1.165, 1.54) is 10.9 Å². The second-order valence-corrected chi connectivity index (χ2v) is 7.85. The summed E-state index contributed by atoms with van der Waals surface area (Å²) in [7, 11) is 0. The molecule has 0 aliphatic carbocycles. The van der Waals surface area contributed by atoms with Crippen molar-refractivity contribution in [2.24, 2.45) is 0 Å². The first-order valence-corrected chi connectivity index (χ1v) is 8.75. The molecule has 0 atom stereocenters. The molecule has 0 radical (unpaired) electrons. The summed E-state index contributed by atoms with van der Waals surface area (Å²) < 4.78 is 16.7. The molecule has 0 spiro atoms. The third kappa shape index (κ3) is 3.11. The van der Waals surface area contributed by atoms with Crippen LogP contribution in [0.15, 0.2) is 28.1 Å². The standard InChI is InChI=1S/C14H10BrCl2FN2S/c15-13-2-1-8(21-13)7-20-12-5-9(17)10(18)6-11(12)19-14(20)3-4-16/h1-2,5-6H,3-4,7H2. The van der Waals surface area contributed by atoms with Gasteiger partial charge in [0.2, 0.25) is 0 Å². The number of imidazole rings is 1. The van der Waals surface area contributed by atoms with E-state index in [9.17, 15) is 4.39 Å². The number of halogens is 4. The van der Waals surface area contributed by atoms with E-state index in [-0.39, 0.29) is 5.02 Å². The van der Waals surface area contributed by atoms with Crippen LogP contribution in [-0.2, 0) is 13.0 Å². The number of rotatable bonds is 4. The Kier molecular flexibility index (Phi) is 4.54. The molecular weight excluding hydrogens is 398 g/mol. The first kappa shape index (κ1) is 15.3. The number of aryl methyl sites for hydroxylation is 1. The van der Waals surface area contributed by atoms with Gasteiger partial charge in [-0.3, -0.25) is 0 Å². The Morgan fingerprint density at radius 1 is 1.33 bits per heavy atom. The smallest absolute Gasteiger partial charge is 0.144 e. The molecule has 0 aliphatic rings. The SMILES string of the molecule is Fc1cc2nc(CCCl)n(Cc3ccc(Br)s3)c2cc1Cl. The molecule has 3 rings (SSSR count). The summed E-state index contributed by atoms with van der Waals surface area (Å²) >= 11 is 16.9. The predicted molar refractivity (Wildman–Crippen MR) is 90.2 cm³/mol. The van der Waals surface area contributed by atoms with Gasteiger partial charge in [-0.1, -0.05) is 11.6 Å². The van der Waals surface area contributed by atoms with Crippen molar-refractivity contribution in [1.82, 2.24) is 9.55 Å². The maximum atomic E-state index is 13.6. The molecule has 21 heavy (non-hydrogen) atoms. The summed E-state index contributed by atoms with van der Waals surface area (Å²) in [4.78, 5) is 5.66. The van der Waals surface area contributed by atoms with Crippen molar-refractivity contribution >= 4 is 61.5 Å². The fraction of sp³-hybridized carbons (Fsp3) is 0.214. The van der Waals surface area contributed by atoms with E-state index in [1.54, 1.807) is 17.4 Å². The van der Waals surface area contributed by atoms with E-state index in [0.717, 1.165) is 15.1 Å². The molecule has 7 heteroatoms. The van der Waals surface area contributed by atoms with Crippen LogP contribution in [-0.4, -0.2) is 15.4 Å². The molecule has 110 valence electrons. The van der Waals surface area contributed by atoms with Crippen LogP contribution in [0.4, 0.5) is 4.39 Å². The highest BCUT2D eigenvalue weighted by Crippen LogP contribution is 2.28. The second kappa shape index (κ2) is 6.24. The number of benzene rings is 1. The molecule has 0 saturated heterocycles. The minimum absolute atomic E-state index is 0.105. The third-order valence-electron chi connectivity index (χ3n) is 3.13. The van der Waals surface area contributed by atoms with Crippen LogP contribution in [0.5, 0.6) is 0 Å². The van der Waals surface area contributed by atoms with E-state index in [1.807, 2.05) is 10.6 Å². The van der Waals surface area contributed by atoms with Gasteiger partial charge in [-0.15, -0.1) is 22.9 Å². The molecule has 2 aromatic heterocycles. The fourth-order valence-electron chi connectivity index (χ4n) is 2.21. The summed E-state index contributed by atoms with van der Waals surface area (Å²) in [5, 5.41) is 0.105. The zero-order valence-electron chi connectivity index (χ0n) is 10.7. The van der Waals surface area contributed by atoms with Gasteiger partial charge in [0, 0.05) is 23.2 Å². The normalized spacial score (nSPS) is 11.4. The Hall–Kier alpha value is -0.620. The van der Waals surface area contributed by atoms with Crippen LogP contribution in [0.3, 0.4) is 0 Å². The summed E-state index contributed by atoms with van der Waals surface area (Å²) in [5.41, 5.74) is 1.43. The van der Waals surface area contributed by atoms with Gasteiger partial charge in [0.15, 0.2) is 0 Å². The molecule has 0 saturated carbocycles. The van der Waals surface area contributed by atoms with Crippen molar-refractivity contribution in [2.75, 3.05) is 5.88 Å². The van der Waals surface area contributed by atoms with Gasteiger partial charge in [-0.05, 0) is 34.1 Å².